The van der Waals surface area contributed by atoms with Crippen molar-refractivity contribution in [3.05, 3.63) is 141 Å². The maximum Gasteiger partial charge on any atom is 0.264 e. The Bertz CT molecular complexity index is 3970. The summed E-state index contributed by atoms with van der Waals surface area (Å²) in [7, 11) is 3.13. The highest BCUT2D eigenvalue weighted by molar-refractivity contribution is 5.99. The summed E-state index contributed by atoms with van der Waals surface area (Å²) in [6.45, 7) is 8.12. The highest BCUT2D eigenvalue weighted by Gasteiger charge is 2.33. The van der Waals surface area contributed by atoms with Gasteiger partial charge in [0.25, 0.3) is 11.1 Å². The number of rotatable bonds is 11. The zero-order valence-corrected chi connectivity index (χ0v) is 42.2. The third kappa shape index (κ3) is 8.24. The van der Waals surface area contributed by atoms with Gasteiger partial charge in [0, 0.05) is 23.2 Å². The van der Waals surface area contributed by atoms with Gasteiger partial charge in [-0.3, -0.25) is 18.7 Å². The molecule has 2 saturated carbocycles. The summed E-state index contributed by atoms with van der Waals surface area (Å²) in [5.41, 5.74) is 17.7. The SMILES string of the molecule is CC(C)c1ccc(-c2nn(C(C)c3nc4cccc(F)c4c(=O)n3C3CCC3)c3ncnc(N)c23)cc1.COc1ccc(-c2nn(C(C)c3nc4cccc(F)c4c(=O)n3C3CCC3)c3ncnc(N)c23)cc1OC. The van der Waals surface area contributed by atoms with Crippen molar-refractivity contribution in [2.45, 2.75) is 96.3 Å². The Kier molecular flexibility index (Phi) is 12.5. The lowest BCUT2D eigenvalue weighted by Gasteiger charge is -2.31. The van der Waals surface area contributed by atoms with Crippen molar-refractivity contribution < 1.29 is 18.3 Å². The van der Waals surface area contributed by atoms with E-state index in [-0.39, 0.29) is 39.8 Å². The second kappa shape index (κ2) is 19.3. The van der Waals surface area contributed by atoms with Crippen molar-refractivity contribution in [3.8, 4) is 34.0 Å². The van der Waals surface area contributed by atoms with Gasteiger partial charge in [-0.05, 0) is 106 Å². The first kappa shape index (κ1) is 48.6. The van der Waals surface area contributed by atoms with E-state index in [0.717, 1.165) is 49.7 Å². The first-order valence-electron chi connectivity index (χ1n) is 25.0. The Hall–Kier alpha value is -8.68. The zero-order valence-electron chi connectivity index (χ0n) is 42.2. The summed E-state index contributed by atoms with van der Waals surface area (Å²) in [4.78, 5) is 54.2. The summed E-state index contributed by atoms with van der Waals surface area (Å²) in [6.07, 6.45) is 8.16. The molecular weight excluding hydrogens is 959 g/mol. The van der Waals surface area contributed by atoms with Crippen LogP contribution >= 0.6 is 0 Å². The molecule has 4 N–H and O–H groups in total. The molecule has 6 heterocycles. The number of hydrogen-bond donors (Lipinski definition) is 2. The van der Waals surface area contributed by atoms with Crippen LogP contribution in [0.1, 0.15) is 114 Å². The molecule has 0 bridgehead atoms. The van der Waals surface area contributed by atoms with Gasteiger partial charge < -0.3 is 20.9 Å². The van der Waals surface area contributed by atoms with Crippen molar-refractivity contribution in [1.29, 1.82) is 0 Å². The van der Waals surface area contributed by atoms with Crippen molar-refractivity contribution in [2.75, 3.05) is 25.7 Å². The van der Waals surface area contributed by atoms with E-state index in [1.165, 1.54) is 30.4 Å². The number of halogens is 2. The van der Waals surface area contributed by atoms with Gasteiger partial charge in [-0.25, -0.2) is 48.0 Å². The lowest BCUT2D eigenvalue weighted by Crippen LogP contribution is -2.35. The van der Waals surface area contributed by atoms with Crippen LogP contribution in [0.5, 0.6) is 11.5 Å². The lowest BCUT2D eigenvalue weighted by molar-refractivity contribution is 0.288. The van der Waals surface area contributed by atoms with E-state index >= 15 is 0 Å². The molecule has 12 rings (SSSR count). The minimum Gasteiger partial charge on any atom is -0.493 e. The number of benzene rings is 4. The minimum absolute atomic E-state index is 0.00161. The number of nitrogens with zero attached hydrogens (tertiary/aromatic N) is 12. The van der Waals surface area contributed by atoms with Gasteiger partial charge >= 0.3 is 0 Å². The molecule has 2 fully saturated rings. The van der Waals surface area contributed by atoms with Crippen LogP contribution in [-0.2, 0) is 0 Å². The van der Waals surface area contributed by atoms with Crippen molar-refractivity contribution in [2.24, 2.45) is 0 Å². The van der Waals surface area contributed by atoms with Gasteiger partial charge in [0.05, 0.1) is 36.0 Å². The van der Waals surface area contributed by atoms with Gasteiger partial charge in [-0.2, -0.15) is 10.2 Å². The van der Waals surface area contributed by atoms with Gasteiger partial charge in [0.15, 0.2) is 22.8 Å². The first-order chi connectivity index (χ1) is 36.3. The van der Waals surface area contributed by atoms with E-state index in [2.05, 4.69) is 45.9 Å². The van der Waals surface area contributed by atoms with Crippen molar-refractivity contribution >= 4 is 55.5 Å². The molecule has 2 atom stereocenters. The summed E-state index contributed by atoms with van der Waals surface area (Å²) >= 11 is 0. The fraction of sp³-hybridized carbons (Fsp3) is 0.309. The minimum atomic E-state index is -0.576. The standard InChI is InChI=1S/C28H28FN7O.C27H26FN7O3/c1-15(2)17-10-12-18(13-11-17)24-23-25(30)31-14-32-27(23)36(34-24)16(3)26-33-21-9-5-8-20(29)22(21)28(37)35(26)19-6-4-7-19;1-14(25-32-18-9-5-8-17(28)21(18)27(36)34(25)16-6-4-7-16)35-26-22(24(29)30-13-31-26)23(33-35)15-10-11-19(37-2)20(12-15)38-3/h5,8-16,19H,4,6-7H2,1-3H3,(H2,30,31,32);5,8-14,16H,4,6-7H2,1-3H3,(H2,29,30,31). The number of anilines is 2. The quantitative estimate of drug-likeness (QED) is 0.123. The lowest BCUT2D eigenvalue weighted by atomic mass is 9.92. The van der Waals surface area contributed by atoms with Gasteiger partial charge in [-0.15, -0.1) is 0 Å². The van der Waals surface area contributed by atoms with Crippen LogP contribution in [0.2, 0.25) is 0 Å². The van der Waals surface area contributed by atoms with Crippen molar-refractivity contribution in [3.63, 3.8) is 0 Å². The average molecular weight is 1010 g/mol. The molecule has 0 radical (unpaired) electrons. The number of hydrogen-bond acceptors (Lipinski definition) is 14. The summed E-state index contributed by atoms with van der Waals surface area (Å²) in [5, 5.41) is 11.1. The highest BCUT2D eigenvalue weighted by Crippen LogP contribution is 2.40. The Morgan fingerprint density at radius 2 is 1.03 bits per heavy atom. The Labute approximate surface area is 428 Å². The molecule has 2 aliphatic rings. The largest absolute Gasteiger partial charge is 0.493 e. The average Bonchev–Trinajstić information content (AvgIpc) is 3.99. The molecule has 0 spiro atoms. The van der Waals surface area contributed by atoms with E-state index in [1.807, 2.05) is 38.1 Å². The number of nitrogens with two attached hydrogens (primary N) is 2. The third-order valence-electron chi connectivity index (χ3n) is 14.7. The number of fused-ring (bicyclic) bond motifs is 4. The molecule has 6 aromatic heterocycles. The molecule has 2 unspecified atom stereocenters. The smallest absolute Gasteiger partial charge is 0.264 e. The molecule has 18 nitrogen and oxygen atoms in total. The molecular formula is C55H54F2N14O4. The summed E-state index contributed by atoms with van der Waals surface area (Å²) in [5.74, 6) is 1.99. The van der Waals surface area contributed by atoms with Crippen LogP contribution in [0.3, 0.4) is 0 Å². The number of nitrogen functional groups attached to an aromatic ring is 2. The molecule has 10 aromatic rings. The van der Waals surface area contributed by atoms with Gasteiger partial charge in [-0.1, -0.05) is 50.2 Å². The topological polar surface area (TPSA) is 227 Å². The molecule has 382 valence electrons. The second-order valence-corrected chi connectivity index (χ2v) is 19.4. The van der Waals surface area contributed by atoms with E-state index in [0.29, 0.717) is 79.4 Å². The van der Waals surface area contributed by atoms with Gasteiger partial charge in [0.1, 0.15) is 81.8 Å². The fourth-order valence-corrected chi connectivity index (χ4v) is 10.2. The van der Waals surface area contributed by atoms with Crippen LogP contribution in [-0.4, -0.2) is 72.8 Å². The van der Waals surface area contributed by atoms with E-state index in [9.17, 15) is 18.4 Å². The van der Waals surface area contributed by atoms with E-state index < -0.39 is 23.7 Å². The van der Waals surface area contributed by atoms with Crippen LogP contribution in [0, 0.1) is 11.6 Å². The summed E-state index contributed by atoms with van der Waals surface area (Å²) < 4.78 is 47.0. The third-order valence-corrected chi connectivity index (χ3v) is 14.7. The van der Waals surface area contributed by atoms with Crippen LogP contribution < -0.4 is 32.1 Å². The van der Waals surface area contributed by atoms with Crippen LogP contribution in [0.4, 0.5) is 20.4 Å². The molecule has 0 saturated heterocycles. The maximum absolute atomic E-state index is 14.7. The molecule has 20 heteroatoms. The molecule has 75 heavy (non-hydrogen) atoms. The van der Waals surface area contributed by atoms with E-state index in [1.54, 1.807) is 63.0 Å². The molecule has 4 aromatic carbocycles. The Balaban J connectivity index is 0.000000161. The zero-order chi connectivity index (χ0) is 52.4. The van der Waals surface area contributed by atoms with Crippen molar-refractivity contribution in [1.82, 2.24) is 58.6 Å². The van der Waals surface area contributed by atoms with Crippen LogP contribution in [0.25, 0.3) is 66.4 Å². The van der Waals surface area contributed by atoms with E-state index in [4.69, 9.17) is 41.1 Å². The predicted octanol–water partition coefficient (Wildman–Crippen LogP) is 9.66. The summed E-state index contributed by atoms with van der Waals surface area (Å²) in [6, 6.07) is 21.6. The number of aromatic nitrogens is 12. The molecule has 0 aliphatic heterocycles. The number of ether oxygens (including phenoxy) is 2. The Morgan fingerprint density at radius 1 is 0.573 bits per heavy atom. The predicted molar refractivity (Wildman–Crippen MR) is 283 cm³/mol. The molecule has 2 aliphatic carbocycles. The normalized spacial score (nSPS) is 14.7. The molecule has 0 amide bonds. The van der Waals surface area contributed by atoms with Crippen LogP contribution in [0.15, 0.2) is 101 Å². The highest BCUT2D eigenvalue weighted by atomic mass is 19.1. The first-order valence-corrected chi connectivity index (χ1v) is 25.0. The Morgan fingerprint density at radius 3 is 1.45 bits per heavy atom. The number of methoxy groups -OCH3 is 2. The maximum atomic E-state index is 14.7. The van der Waals surface area contributed by atoms with Gasteiger partial charge in [0.2, 0.25) is 0 Å². The monoisotopic (exact) mass is 1010 g/mol. The fourth-order valence-electron chi connectivity index (χ4n) is 10.2. The second-order valence-electron chi connectivity index (χ2n) is 19.4.